The van der Waals surface area contributed by atoms with Crippen LogP contribution in [0.25, 0.3) is 0 Å². The maximum absolute atomic E-state index is 12.4. The van der Waals surface area contributed by atoms with Gasteiger partial charge in [-0.1, -0.05) is 6.07 Å². The van der Waals surface area contributed by atoms with Crippen molar-refractivity contribution in [3.8, 4) is 5.88 Å². The minimum absolute atomic E-state index is 0.00948. The van der Waals surface area contributed by atoms with Crippen LogP contribution in [0.1, 0.15) is 30.3 Å². The zero-order valence-electron chi connectivity index (χ0n) is 12.4. The molecule has 2 unspecified atom stereocenters. The first-order valence-electron chi connectivity index (χ1n) is 7.32. The minimum atomic E-state index is -2.59. The number of amides is 1. The number of carbonyl (C=O) groups is 1. The van der Waals surface area contributed by atoms with Crippen molar-refractivity contribution in [2.45, 2.75) is 32.3 Å². The van der Waals surface area contributed by atoms with Crippen LogP contribution in [-0.4, -0.2) is 53.1 Å². The molecular weight excluding hydrogens is 294 g/mol. The van der Waals surface area contributed by atoms with E-state index in [2.05, 4.69) is 4.98 Å². The molecule has 1 saturated heterocycles. The standard InChI is InChI=1S/C15H20F2N2O3/c1-10(20)11-4-3-7-19(8-11)15(21)12-5-2-6-14(18-12)22-9-13(16)17/h2,5-6,10-11,13,20H,3-4,7-9H2,1H3. The average molecular weight is 314 g/mol. The molecule has 0 radical (unpaired) electrons. The smallest absolute Gasteiger partial charge is 0.272 e. The molecule has 2 atom stereocenters. The Morgan fingerprint density at radius 3 is 3.00 bits per heavy atom. The molecule has 2 heterocycles. The van der Waals surface area contributed by atoms with Gasteiger partial charge in [-0.15, -0.1) is 0 Å². The van der Waals surface area contributed by atoms with E-state index < -0.39 is 19.1 Å². The van der Waals surface area contributed by atoms with Crippen molar-refractivity contribution < 1.29 is 23.4 Å². The van der Waals surface area contributed by atoms with Crippen LogP contribution in [0.15, 0.2) is 18.2 Å². The third-order valence-corrected chi connectivity index (χ3v) is 3.73. The number of carbonyl (C=O) groups excluding carboxylic acids is 1. The van der Waals surface area contributed by atoms with E-state index >= 15 is 0 Å². The Hall–Kier alpha value is -1.76. The Kier molecular flexibility index (Phi) is 5.65. The fourth-order valence-electron chi connectivity index (χ4n) is 2.51. The molecular formula is C15H20F2N2O3. The summed E-state index contributed by atoms with van der Waals surface area (Å²) < 4.78 is 29.1. The average Bonchev–Trinajstić information content (AvgIpc) is 2.52. The highest BCUT2D eigenvalue weighted by atomic mass is 19.3. The van der Waals surface area contributed by atoms with Crippen LogP contribution in [0, 0.1) is 5.92 Å². The van der Waals surface area contributed by atoms with Gasteiger partial charge in [0, 0.05) is 25.1 Å². The molecule has 1 fully saturated rings. The summed E-state index contributed by atoms with van der Waals surface area (Å²) in [6, 6.07) is 4.52. The number of hydrogen-bond donors (Lipinski definition) is 1. The molecule has 2 rings (SSSR count). The van der Waals surface area contributed by atoms with E-state index in [4.69, 9.17) is 4.74 Å². The Balaban J connectivity index is 2.04. The summed E-state index contributed by atoms with van der Waals surface area (Å²) in [6.45, 7) is 2.04. The number of alkyl halides is 2. The Bertz CT molecular complexity index is 511. The molecule has 0 aliphatic carbocycles. The first-order valence-corrected chi connectivity index (χ1v) is 7.32. The minimum Gasteiger partial charge on any atom is -0.472 e. The van der Waals surface area contributed by atoms with E-state index in [-0.39, 0.29) is 23.4 Å². The van der Waals surface area contributed by atoms with E-state index in [0.29, 0.717) is 13.1 Å². The monoisotopic (exact) mass is 314 g/mol. The van der Waals surface area contributed by atoms with Gasteiger partial charge in [-0.25, -0.2) is 13.8 Å². The fraction of sp³-hybridized carbons (Fsp3) is 0.600. The molecule has 0 aromatic carbocycles. The molecule has 1 amide bonds. The van der Waals surface area contributed by atoms with Gasteiger partial charge < -0.3 is 14.7 Å². The maximum atomic E-state index is 12.4. The highest BCUT2D eigenvalue weighted by Crippen LogP contribution is 2.21. The number of ether oxygens (including phenoxy) is 1. The van der Waals surface area contributed by atoms with Gasteiger partial charge in [-0.2, -0.15) is 0 Å². The zero-order valence-corrected chi connectivity index (χ0v) is 12.4. The second-order valence-electron chi connectivity index (χ2n) is 5.46. The van der Waals surface area contributed by atoms with Crippen molar-refractivity contribution >= 4 is 5.91 Å². The summed E-state index contributed by atoms with van der Waals surface area (Å²) in [5.74, 6) is -0.209. The lowest BCUT2D eigenvalue weighted by atomic mass is 9.93. The molecule has 1 N–H and O–H groups in total. The number of hydrogen-bond acceptors (Lipinski definition) is 4. The van der Waals surface area contributed by atoms with Crippen molar-refractivity contribution in [1.82, 2.24) is 9.88 Å². The van der Waals surface area contributed by atoms with E-state index in [1.165, 1.54) is 12.1 Å². The first kappa shape index (κ1) is 16.6. The van der Waals surface area contributed by atoms with Gasteiger partial charge in [0.15, 0.2) is 6.61 Å². The Morgan fingerprint density at radius 1 is 1.55 bits per heavy atom. The molecule has 122 valence electrons. The van der Waals surface area contributed by atoms with E-state index in [0.717, 1.165) is 12.8 Å². The zero-order chi connectivity index (χ0) is 16.1. The first-order chi connectivity index (χ1) is 10.5. The summed E-state index contributed by atoms with van der Waals surface area (Å²) in [7, 11) is 0. The number of rotatable bonds is 5. The normalized spacial score (nSPS) is 20.0. The lowest BCUT2D eigenvalue weighted by Crippen LogP contribution is -2.43. The molecule has 0 spiro atoms. The largest absolute Gasteiger partial charge is 0.472 e. The summed E-state index contributed by atoms with van der Waals surface area (Å²) in [5.41, 5.74) is 0.165. The maximum Gasteiger partial charge on any atom is 0.272 e. The molecule has 1 aliphatic rings. The second kappa shape index (κ2) is 7.49. The van der Waals surface area contributed by atoms with Crippen molar-refractivity contribution in [2.75, 3.05) is 19.7 Å². The van der Waals surface area contributed by atoms with Gasteiger partial charge in [-0.05, 0) is 25.8 Å². The third-order valence-electron chi connectivity index (χ3n) is 3.73. The molecule has 7 heteroatoms. The summed E-state index contributed by atoms with van der Waals surface area (Å²) in [6.07, 6.45) is -1.35. The lowest BCUT2D eigenvalue weighted by molar-refractivity contribution is 0.0460. The van der Waals surface area contributed by atoms with Crippen molar-refractivity contribution in [3.63, 3.8) is 0 Å². The summed E-state index contributed by atoms with van der Waals surface area (Å²) in [5, 5.41) is 9.67. The number of pyridine rings is 1. The highest BCUT2D eigenvalue weighted by Gasteiger charge is 2.27. The van der Waals surface area contributed by atoms with Crippen LogP contribution in [0.5, 0.6) is 5.88 Å². The number of aliphatic hydroxyl groups is 1. The van der Waals surface area contributed by atoms with Gasteiger partial charge in [0.2, 0.25) is 5.88 Å². The SMILES string of the molecule is CC(O)C1CCCN(C(=O)c2cccc(OCC(F)F)n2)C1. The number of aliphatic hydroxyl groups excluding tert-OH is 1. The van der Waals surface area contributed by atoms with Crippen LogP contribution in [0.4, 0.5) is 8.78 Å². The van der Waals surface area contributed by atoms with Gasteiger partial charge in [0.25, 0.3) is 12.3 Å². The van der Waals surface area contributed by atoms with E-state index in [1.807, 2.05) is 0 Å². The molecule has 22 heavy (non-hydrogen) atoms. The molecule has 0 bridgehead atoms. The predicted molar refractivity (Wildman–Crippen MR) is 76.0 cm³/mol. The van der Waals surface area contributed by atoms with Crippen LogP contribution in [-0.2, 0) is 0 Å². The van der Waals surface area contributed by atoms with Crippen molar-refractivity contribution in [3.05, 3.63) is 23.9 Å². The number of piperidine rings is 1. The van der Waals surface area contributed by atoms with Gasteiger partial charge >= 0.3 is 0 Å². The third kappa shape index (κ3) is 4.37. The molecule has 5 nitrogen and oxygen atoms in total. The Labute approximate surface area is 127 Å². The molecule has 1 aromatic heterocycles. The van der Waals surface area contributed by atoms with Gasteiger partial charge in [0.05, 0.1) is 6.10 Å². The van der Waals surface area contributed by atoms with Crippen molar-refractivity contribution in [1.29, 1.82) is 0 Å². The fourth-order valence-corrected chi connectivity index (χ4v) is 2.51. The predicted octanol–water partition coefficient (Wildman–Crippen LogP) is 1.96. The van der Waals surface area contributed by atoms with Crippen LogP contribution in [0.3, 0.4) is 0 Å². The number of likely N-dealkylation sites (tertiary alicyclic amines) is 1. The number of halogens is 2. The van der Waals surface area contributed by atoms with Crippen LogP contribution < -0.4 is 4.74 Å². The molecule has 0 saturated carbocycles. The summed E-state index contributed by atoms with van der Waals surface area (Å²) >= 11 is 0. The number of nitrogens with zero attached hydrogens (tertiary/aromatic N) is 2. The van der Waals surface area contributed by atoms with Gasteiger partial charge in [0.1, 0.15) is 5.69 Å². The van der Waals surface area contributed by atoms with Crippen molar-refractivity contribution in [2.24, 2.45) is 5.92 Å². The van der Waals surface area contributed by atoms with E-state index in [9.17, 15) is 18.7 Å². The van der Waals surface area contributed by atoms with Gasteiger partial charge in [-0.3, -0.25) is 4.79 Å². The topological polar surface area (TPSA) is 62.7 Å². The number of aromatic nitrogens is 1. The second-order valence-corrected chi connectivity index (χ2v) is 5.46. The van der Waals surface area contributed by atoms with Crippen LogP contribution in [0.2, 0.25) is 0 Å². The Morgan fingerprint density at radius 2 is 2.32 bits per heavy atom. The quantitative estimate of drug-likeness (QED) is 0.902. The highest BCUT2D eigenvalue weighted by molar-refractivity contribution is 5.92. The van der Waals surface area contributed by atoms with E-state index in [1.54, 1.807) is 17.9 Å². The molecule has 1 aliphatic heterocycles. The summed E-state index contributed by atoms with van der Waals surface area (Å²) in [4.78, 5) is 18.1. The lowest BCUT2D eigenvalue weighted by Gasteiger charge is -2.34. The molecule has 1 aromatic rings. The van der Waals surface area contributed by atoms with Crippen LogP contribution >= 0.6 is 0 Å².